The van der Waals surface area contributed by atoms with Crippen molar-refractivity contribution in [3.8, 4) is 28.7 Å². The number of nitriles is 1. The van der Waals surface area contributed by atoms with Gasteiger partial charge in [-0.2, -0.15) is 9.57 Å². The zero-order valence-corrected chi connectivity index (χ0v) is 20.9. The molecule has 12 heteroatoms. The minimum atomic E-state index is -3.89. The van der Waals surface area contributed by atoms with Crippen molar-refractivity contribution < 1.29 is 26.3 Å². The van der Waals surface area contributed by atoms with E-state index in [1.165, 1.54) is 29.7 Å². The second-order valence-corrected chi connectivity index (χ2v) is 12.4. The first kappa shape index (κ1) is 24.1. The summed E-state index contributed by atoms with van der Waals surface area (Å²) in [4.78, 5) is 4.30. The average molecular weight is 527 g/mol. The van der Waals surface area contributed by atoms with Crippen molar-refractivity contribution in [2.75, 3.05) is 37.7 Å². The fourth-order valence-electron chi connectivity index (χ4n) is 4.17. The Morgan fingerprint density at radius 2 is 1.72 bits per heavy atom. The van der Waals surface area contributed by atoms with Crippen LogP contribution in [-0.4, -0.2) is 64.7 Å². The summed E-state index contributed by atoms with van der Waals surface area (Å²) in [5.41, 5.74) is 2.15. The molecule has 2 aliphatic heterocycles. The number of aromatic nitrogens is 1. The van der Waals surface area contributed by atoms with Crippen molar-refractivity contribution in [3.05, 3.63) is 66.5 Å². The van der Waals surface area contributed by atoms with E-state index < -0.39 is 25.3 Å². The monoisotopic (exact) mass is 526 g/mol. The number of benzene rings is 2. The van der Waals surface area contributed by atoms with Gasteiger partial charge in [0, 0.05) is 24.8 Å². The topological polar surface area (TPSA) is 130 Å². The number of sulfonamides is 2. The lowest BCUT2D eigenvalue weighted by atomic mass is 10.0. The maximum atomic E-state index is 13.5. The third-order valence-corrected chi connectivity index (χ3v) is 10.2. The van der Waals surface area contributed by atoms with Gasteiger partial charge in [-0.1, -0.05) is 12.1 Å². The quantitative estimate of drug-likeness (QED) is 0.478. The fraction of sp³-hybridized carbons (Fsp3) is 0.250. The molecule has 0 spiro atoms. The summed E-state index contributed by atoms with van der Waals surface area (Å²) >= 11 is 0. The fourth-order valence-corrected chi connectivity index (χ4v) is 7.72. The second kappa shape index (κ2) is 9.09. The number of nitrogens with zero attached hydrogens (tertiary/aromatic N) is 4. The summed E-state index contributed by atoms with van der Waals surface area (Å²) in [7, 11) is -6.23. The van der Waals surface area contributed by atoms with Gasteiger partial charge in [0.2, 0.25) is 20.0 Å². The summed E-state index contributed by atoms with van der Waals surface area (Å²) < 4.78 is 66.2. The van der Waals surface area contributed by atoms with Crippen molar-refractivity contribution in [1.82, 2.24) is 9.29 Å². The van der Waals surface area contributed by atoms with Gasteiger partial charge in [-0.15, -0.1) is 0 Å². The van der Waals surface area contributed by atoms with Crippen molar-refractivity contribution in [2.45, 2.75) is 10.1 Å². The molecule has 0 N–H and O–H groups in total. The zero-order chi connectivity index (χ0) is 25.5. The highest BCUT2D eigenvalue weighted by molar-refractivity contribution is 7.94. The molecule has 1 aromatic heterocycles. The van der Waals surface area contributed by atoms with Crippen LogP contribution in [0.25, 0.3) is 11.1 Å². The van der Waals surface area contributed by atoms with Crippen LogP contribution in [0, 0.1) is 11.3 Å². The van der Waals surface area contributed by atoms with Crippen LogP contribution in [0.15, 0.2) is 65.8 Å². The van der Waals surface area contributed by atoms with Crippen molar-refractivity contribution >= 4 is 25.7 Å². The van der Waals surface area contributed by atoms with E-state index in [0.717, 1.165) is 9.87 Å². The summed E-state index contributed by atoms with van der Waals surface area (Å²) in [6, 6.07) is 14.9. The van der Waals surface area contributed by atoms with E-state index in [-0.39, 0.29) is 31.1 Å². The van der Waals surface area contributed by atoms with Gasteiger partial charge in [-0.05, 0) is 42.0 Å². The molecule has 3 heterocycles. The van der Waals surface area contributed by atoms with Crippen LogP contribution in [0.2, 0.25) is 0 Å². The van der Waals surface area contributed by atoms with Crippen molar-refractivity contribution in [2.24, 2.45) is 0 Å². The molecule has 1 saturated heterocycles. The Bertz CT molecular complexity index is 1540. The van der Waals surface area contributed by atoms with Crippen LogP contribution in [0.4, 0.5) is 5.69 Å². The Kier molecular flexibility index (Phi) is 6.07. The lowest BCUT2D eigenvalue weighted by Gasteiger charge is -2.41. The van der Waals surface area contributed by atoms with Crippen LogP contribution in [0.3, 0.4) is 0 Å². The molecule has 2 aliphatic rings. The van der Waals surface area contributed by atoms with Crippen molar-refractivity contribution in [3.63, 3.8) is 0 Å². The van der Waals surface area contributed by atoms with E-state index >= 15 is 0 Å². The Hall–Kier alpha value is -3.66. The molecule has 1 fully saturated rings. The van der Waals surface area contributed by atoms with E-state index in [2.05, 4.69) is 11.1 Å². The van der Waals surface area contributed by atoms with E-state index in [1.54, 1.807) is 42.6 Å². The SMILES string of the molecule is COc1ccc(S(=O)(=O)N2CC(S(=O)(=O)N3CCOc4c(-c5ccc(C#N)cc5)cncc43)C2)cc1. The standard InChI is InChI=1S/C24H22N4O6S2/c1-33-19-6-8-20(9-7-19)35(29,30)27-15-21(16-27)36(31,32)28-10-11-34-24-22(13-26-14-23(24)28)18-4-2-17(12-25)3-5-18/h2-9,13-14,21H,10-11,15-16H2,1H3. The zero-order valence-electron chi connectivity index (χ0n) is 19.2. The van der Waals surface area contributed by atoms with Gasteiger partial charge in [-0.3, -0.25) is 9.29 Å². The molecule has 186 valence electrons. The molecule has 0 saturated carbocycles. The molecule has 3 aromatic rings. The van der Waals surface area contributed by atoms with Crippen LogP contribution in [0.5, 0.6) is 11.5 Å². The predicted octanol–water partition coefficient (Wildman–Crippen LogP) is 2.23. The average Bonchev–Trinajstić information content (AvgIpc) is 2.86. The highest BCUT2D eigenvalue weighted by Gasteiger charge is 2.47. The van der Waals surface area contributed by atoms with E-state index in [0.29, 0.717) is 28.3 Å². The highest BCUT2D eigenvalue weighted by atomic mass is 32.2. The normalized spacial score (nSPS) is 16.4. The summed E-state index contributed by atoms with van der Waals surface area (Å²) in [6.07, 6.45) is 3.02. The van der Waals surface area contributed by atoms with Crippen LogP contribution < -0.4 is 13.8 Å². The number of hydrogen-bond acceptors (Lipinski definition) is 8. The van der Waals surface area contributed by atoms with Gasteiger partial charge in [0.25, 0.3) is 0 Å². The molecule has 0 amide bonds. The number of ether oxygens (including phenoxy) is 2. The predicted molar refractivity (Wildman–Crippen MR) is 132 cm³/mol. The Balaban J connectivity index is 1.38. The van der Waals surface area contributed by atoms with Gasteiger partial charge in [0.15, 0.2) is 5.75 Å². The molecule has 2 aromatic carbocycles. The number of hydrogen-bond donors (Lipinski definition) is 0. The largest absolute Gasteiger partial charge is 0.497 e. The maximum absolute atomic E-state index is 13.5. The molecule has 0 bridgehead atoms. The number of anilines is 1. The van der Waals surface area contributed by atoms with Gasteiger partial charge in [-0.25, -0.2) is 16.8 Å². The van der Waals surface area contributed by atoms with E-state index in [4.69, 9.17) is 14.7 Å². The molecule has 0 atom stereocenters. The first-order chi connectivity index (χ1) is 17.3. The summed E-state index contributed by atoms with van der Waals surface area (Å²) in [6.45, 7) is -0.0616. The minimum Gasteiger partial charge on any atom is -0.497 e. The van der Waals surface area contributed by atoms with Crippen molar-refractivity contribution in [1.29, 1.82) is 5.26 Å². The Morgan fingerprint density at radius 1 is 1.03 bits per heavy atom. The van der Waals surface area contributed by atoms with E-state index in [1.807, 2.05) is 0 Å². The molecule has 0 radical (unpaired) electrons. The van der Waals surface area contributed by atoms with Gasteiger partial charge in [0.1, 0.15) is 23.3 Å². The first-order valence-corrected chi connectivity index (χ1v) is 14.0. The number of pyridine rings is 1. The molecular weight excluding hydrogens is 504 g/mol. The second-order valence-electron chi connectivity index (χ2n) is 8.31. The number of rotatable bonds is 6. The molecule has 0 aliphatic carbocycles. The maximum Gasteiger partial charge on any atom is 0.243 e. The summed E-state index contributed by atoms with van der Waals surface area (Å²) in [5, 5.41) is 8.15. The van der Waals surface area contributed by atoms with Crippen LogP contribution >= 0.6 is 0 Å². The third kappa shape index (κ3) is 4.05. The molecular formula is C24H22N4O6S2. The van der Waals surface area contributed by atoms with Crippen LogP contribution in [-0.2, 0) is 20.0 Å². The third-order valence-electron chi connectivity index (χ3n) is 6.25. The van der Waals surface area contributed by atoms with Gasteiger partial charge < -0.3 is 9.47 Å². The Morgan fingerprint density at radius 3 is 2.36 bits per heavy atom. The number of fused-ring (bicyclic) bond motifs is 1. The summed E-state index contributed by atoms with van der Waals surface area (Å²) in [5.74, 6) is 0.907. The lowest BCUT2D eigenvalue weighted by molar-refractivity contribution is 0.301. The number of methoxy groups -OCH3 is 1. The lowest BCUT2D eigenvalue weighted by Crippen LogP contribution is -2.60. The molecule has 5 rings (SSSR count). The van der Waals surface area contributed by atoms with Crippen LogP contribution in [0.1, 0.15) is 5.56 Å². The molecule has 36 heavy (non-hydrogen) atoms. The Labute approximate surface area is 209 Å². The highest BCUT2D eigenvalue weighted by Crippen LogP contribution is 2.42. The molecule has 10 nitrogen and oxygen atoms in total. The minimum absolute atomic E-state index is 0.0760. The first-order valence-electron chi connectivity index (χ1n) is 11.0. The van der Waals surface area contributed by atoms with E-state index in [9.17, 15) is 16.8 Å². The smallest absolute Gasteiger partial charge is 0.243 e. The van der Waals surface area contributed by atoms with Gasteiger partial charge in [0.05, 0.1) is 36.4 Å². The molecule has 0 unspecified atom stereocenters. The van der Waals surface area contributed by atoms with Gasteiger partial charge >= 0.3 is 0 Å².